The molecule has 29 heavy (non-hydrogen) atoms. The van der Waals surface area contributed by atoms with E-state index in [-0.39, 0.29) is 11.9 Å². The zero-order valence-electron chi connectivity index (χ0n) is 16.8. The van der Waals surface area contributed by atoms with Gasteiger partial charge in [0.2, 0.25) is 0 Å². The molecule has 1 heterocycles. The number of benzene rings is 2. The van der Waals surface area contributed by atoms with Crippen LogP contribution in [-0.4, -0.2) is 50.7 Å². The molecule has 3 rings (SSSR count). The quantitative estimate of drug-likeness (QED) is 0.783. The number of nitrogens with zero attached hydrogens (tertiary/aromatic N) is 1. The van der Waals surface area contributed by atoms with Gasteiger partial charge in [-0.3, -0.25) is 4.79 Å². The molecule has 1 aliphatic heterocycles. The number of anilines is 1. The van der Waals surface area contributed by atoms with E-state index in [1.165, 1.54) is 0 Å². The van der Waals surface area contributed by atoms with Crippen molar-refractivity contribution in [2.24, 2.45) is 5.92 Å². The van der Waals surface area contributed by atoms with Crippen molar-refractivity contribution < 1.29 is 19.1 Å². The van der Waals surface area contributed by atoms with Crippen LogP contribution in [0.3, 0.4) is 0 Å². The summed E-state index contributed by atoms with van der Waals surface area (Å²) in [7, 11) is 3.13. The van der Waals surface area contributed by atoms with Gasteiger partial charge in [-0.05, 0) is 43.0 Å². The molecule has 7 nitrogen and oxygen atoms in total. The highest BCUT2D eigenvalue weighted by atomic mass is 16.5. The Morgan fingerprint density at radius 3 is 2.28 bits per heavy atom. The predicted octanol–water partition coefficient (Wildman–Crippen LogP) is 3.38. The van der Waals surface area contributed by atoms with Crippen molar-refractivity contribution in [2.75, 3.05) is 39.2 Å². The maximum absolute atomic E-state index is 12.5. The number of rotatable bonds is 6. The second-order valence-electron chi connectivity index (χ2n) is 6.97. The lowest BCUT2D eigenvalue weighted by molar-refractivity contribution is 0.0935. The second kappa shape index (κ2) is 9.82. The molecule has 1 aliphatic rings. The molecule has 1 fully saturated rings. The van der Waals surface area contributed by atoms with E-state index < -0.39 is 0 Å². The largest absolute Gasteiger partial charge is 0.496 e. The van der Waals surface area contributed by atoms with E-state index in [9.17, 15) is 9.59 Å². The lowest BCUT2D eigenvalue weighted by Crippen LogP contribution is -2.43. The van der Waals surface area contributed by atoms with Gasteiger partial charge in [-0.15, -0.1) is 0 Å². The third kappa shape index (κ3) is 5.19. The number of piperidine rings is 1. The smallest absolute Gasteiger partial charge is 0.321 e. The van der Waals surface area contributed by atoms with Crippen LogP contribution >= 0.6 is 0 Å². The van der Waals surface area contributed by atoms with E-state index in [0.29, 0.717) is 48.3 Å². The van der Waals surface area contributed by atoms with Crippen molar-refractivity contribution in [3.05, 3.63) is 54.1 Å². The van der Waals surface area contributed by atoms with Gasteiger partial charge in [0.1, 0.15) is 11.5 Å². The first-order valence-corrected chi connectivity index (χ1v) is 9.72. The summed E-state index contributed by atoms with van der Waals surface area (Å²) in [5.41, 5.74) is 1.19. The SMILES string of the molecule is COc1ccccc1NC(=O)N1CCC(CNC(=O)c2ccccc2OC)CC1. The molecule has 0 aliphatic carbocycles. The molecule has 7 heteroatoms. The molecule has 0 atom stereocenters. The average Bonchev–Trinajstić information content (AvgIpc) is 2.78. The number of hydrogen-bond donors (Lipinski definition) is 2. The van der Waals surface area contributed by atoms with Crippen LogP contribution in [0, 0.1) is 5.92 Å². The fourth-order valence-corrected chi connectivity index (χ4v) is 3.45. The van der Waals surface area contributed by atoms with E-state index in [1.54, 1.807) is 31.3 Å². The summed E-state index contributed by atoms with van der Waals surface area (Å²) in [5.74, 6) is 1.39. The Labute approximate surface area is 171 Å². The molecule has 2 aromatic carbocycles. The van der Waals surface area contributed by atoms with Crippen molar-refractivity contribution in [3.63, 3.8) is 0 Å². The molecule has 2 N–H and O–H groups in total. The minimum Gasteiger partial charge on any atom is -0.496 e. The summed E-state index contributed by atoms with van der Waals surface area (Å²) in [4.78, 5) is 26.8. The van der Waals surface area contributed by atoms with Crippen LogP contribution in [0.15, 0.2) is 48.5 Å². The van der Waals surface area contributed by atoms with Crippen molar-refractivity contribution >= 4 is 17.6 Å². The monoisotopic (exact) mass is 397 g/mol. The number of amides is 3. The Hall–Kier alpha value is -3.22. The zero-order chi connectivity index (χ0) is 20.6. The van der Waals surface area contributed by atoms with Gasteiger partial charge >= 0.3 is 6.03 Å². The molecule has 0 unspecified atom stereocenters. The predicted molar refractivity (Wildman–Crippen MR) is 112 cm³/mol. The van der Waals surface area contributed by atoms with Crippen LogP contribution in [-0.2, 0) is 0 Å². The number of hydrogen-bond acceptors (Lipinski definition) is 4. The normalized spacial score (nSPS) is 14.2. The van der Waals surface area contributed by atoms with Crippen LogP contribution < -0.4 is 20.1 Å². The minimum absolute atomic E-state index is 0.133. The highest BCUT2D eigenvalue weighted by molar-refractivity contribution is 5.96. The molecule has 0 radical (unpaired) electrons. The third-order valence-electron chi connectivity index (χ3n) is 5.15. The maximum atomic E-state index is 12.5. The third-order valence-corrected chi connectivity index (χ3v) is 5.15. The molecule has 3 amide bonds. The number of carbonyl (C=O) groups is 2. The molecule has 2 aromatic rings. The number of likely N-dealkylation sites (tertiary alicyclic amines) is 1. The van der Waals surface area contributed by atoms with Crippen molar-refractivity contribution in [1.29, 1.82) is 0 Å². The highest BCUT2D eigenvalue weighted by Gasteiger charge is 2.24. The first-order valence-electron chi connectivity index (χ1n) is 9.72. The first-order chi connectivity index (χ1) is 14.1. The highest BCUT2D eigenvalue weighted by Crippen LogP contribution is 2.24. The molecule has 0 bridgehead atoms. The molecule has 1 saturated heterocycles. The summed E-state index contributed by atoms with van der Waals surface area (Å²) >= 11 is 0. The summed E-state index contributed by atoms with van der Waals surface area (Å²) in [6.07, 6.45) is 1.68. The van der Waals surface area contributed by atoms with E-state index in [4.69, 9.17) is 9.47 Å². The van der Waals surface area contributed by atoms with E-state index in [0.717, 1.165) is 12.8 Å². The van der Waals surface area contributed by atoms with Crippen LogP contribution in [0.2, 0.25) is 0 Å². The lowest BCUT2D eigenvalue weighted by atomic mass is 9.97. The second-order valence-corrected chi connectivity index (χ2v) is 6.97. The average molecular weight is 397 g/mol. The molecule has 0 saturated carbocycles. The molecular formula is C22H27N3O4. The Morgan fingerprint density at radius 1 is 0.966 bits per heavy atom. The van der Waals surface area contributed by atoms with Crippen molar-refractivity contribution in [3.8, 4) is 11.5 Å². The Kier molecular flexibility index (Phi) is 6.94. The first kappa shape index (κ1) is 20.5. The number of ether oxygens (including phenoxy) is 2. The van der Waals surface area contributed by atoms with E-state index in [1.807, 2.05) is 36.4 Å². The van der Waals surface area contributed by atoms with Gasteiger partial charge in [0.25, 0.3) is 5.91 Å². The van der Waals surface area contributed by atoms with Gasteiger partial charge in [-0.2, -0.15) is 0 Å². The van der Waals surface area contributed by atoms with Gasteiger partial charge in [-0.1, -0.05) is 24.3 Å². The molecular weight excluding hydrogens is 370 g/mol. The number of para-hydroxylation sites is 3. The number of nitrogens with one attached hydrogen (secondary N) is 2. The van der Waals surface area contributed by atoms with Crippen molar-refractivity contribution in [2.45, 2.75) is 12.8 Å². The van der Waals surface area contributed by atoms with Crippen LogP contribution in [0.4, 0.5) is 10.5 Å². The molecule has 0 aromatic heterocycles. The number of urea groups is 1. The minimum atomic E-state index is -0.140. The van der Waals surface area contributed by atoms with Crippen LogP contribution in [0.1, 0.15) is 23.2 Å². The fraction of sp³-hybridized carbons (Fsp3) is 0.364. The van der Waals surface area contributed by atoms with Gasteiger partial charge in [0, 0.05) is 19.6 Å². The Morgan fingerprint density at radius 2 is 1.59 bits per heavy atom. The van der Waals surface area contributed by atoms with Crippen LogP contribution in [0.5, 0.6) is 11.5 Å². The molecule has 0 spiro atoms. The van der Waals surface area contributed by atoms with Gasteiger partial charge in [0.15, 0.2) is 0 Å². The van der Waals surface area contributed by atoms with Crippen LogP contribution in [0.25, 0.3) is 0 Å². The summed E-state index contributed by atoms with van der Waals surface area (Å²) in [6.45, 7) is 1.88. The summed E-state index contributed by atoms with van der Waals surface area (Å²) in [5, 5.41) is 5.90. The van der Waals surface area contributed by atoms with E-state index >= 15 is 0 Å². The molecule has 154 valence electrons. The number of carbonyl (C=O) groups excluding carboxylic acids is 2. The standard InChI is InChI=1S/C22H27N3O4/c1-28-19-9-5-3-7-17(19)21(26)23-15-16-11-13-25(14-12-16)22(27)24-18-8-4-6-10-20(18)29-2/h3-10,16H,11-15H2,1-2H3,(H,23,26)(H,24,27). The Balaban J connectivity index is 1.46. The van der Waals surface area contributed by atoms with Gasteiger partial charge in [-0.25, -0.2) is 4.79 Å². The van der Waals surface area contributed by atoms with Crippen molar-refractivity contribution in [1.82, 2.24) is 10.2 Å². The summed E-state index contributed by atoms with van der Waals surface area (Å²) < 4.78 is 10.5. The summed E-state index contributed by atoms with van der Waals surface area (Å²) in [6, 6.07) is 14.4. The number of methoxy groups -OCH3 is 2. The zero-order valence-corrected chi connectivity index (χ0v) is 16.8. The van der Waals surface area contributed by atoms with Gasteiger partial charge < -0.3 is 25.0 Å². The fourth-order valence-electron chi connectivity index (χ4n) is 3.45. The van der Waals surface area contributed by atoms with Gasteiger partial charge in [0.05, 0.1) is 25.5 Å². The Bertz CT molecular complexity index is 847. The lowest BCUT2D eigenvalue weighted by Gasteiger charge is -2.32. The van der Waals surface area contributed by atoms with E-state index in [2.05, 4.69) is 10.6 Å². The maximum Gasteiger partial charge on any atom is 0.321 e. The topological polar surface area (TPSA) is 79.9 Å².